The summed E-state index contributed by atoms with van der Waals surface area (Å²) in [5, 5.41) is 3.97. The predicted molar refractivity (Wildman–Crippen MR) is 88.2 cm³/mol. The van der Waals surface area contributed by atoms with E-state index in [2.05, 4.69) is 17.2 Å². The summed E-state index contributed by atoms with van der Waals surface area (Å²) < 4.78 is 6.68. The fourth-order valence-electron chi connectivity index (χ4n) is 3.13. The number of benzene rings is 1. The van der Waals surface area contributed by atoms with Crippen LogP contribution in [0.3, 0.4) is 0 Å². The van der Waals surface area contributed by atoms with Gasteiger partial charge in [-0.05, 0) is 29.9 Å². The highest BCUT2D eigenvalue weighted by atomic mass is 16.5. The number of carbonyl (C=O) groups is 2. The first-order chi connectivity index (χ1) is 11.6. The lowest BCUT2D eigenvalue weighted by Crippen LogP contribution is -2.17. The molecule has 7 nitrogen and oxygen atoms in total. The van der Waals surface area contributed by atoms with Crippen LogP contribution in [0.15, 0.2) is 30.5 Å². The van der Waals surface area contributed by atoms with Gasteiger partial charge in [-0.3, -0.25) is 9.59 Å². The molecule has 1 amide bonds. The molecule has 2 aromatic rings. The molecule has 1 aromatic carbocycles. The van der Waals surface area contributed by atoms with Gasteiger partial charge in [-0.25, -0.2) is 4.68 Å². The van der Waals surface area contributed by atoms with Crippen molar-refractivity contribution in [2.75, 3.05) is 12.3 Å². The second-order valence-corrected chi connectivity index (χ2v) is 5.89. The van der Waals surface area contributed by atoms with Gasteiger partial charge in [0.2, 0.25) is 0 Å². The summed E-state index contributed by atoms with van der Waals surface area (Å²) in [6.07, 6.45) is 3.67. The molecule has 0 unspecified atom stereocenters. The first-order valence-electron chi connectivity index (χ1n) is 7.90. The van der Waals surface area contributed by atoms with Crippen LogP contribution in [0.4, 0.5) is 5.82 Å². The molecular weight excluding hydrogens is 308 g/mol. The van der Waals surface area contributed by atoms with Crippen molar-refractivity contribution >= 4 is 17.7 Å². The zero-order valence-electron chi connectivity index (χ0n) is 13.3. The van der Waals surface area contributed by atoms with Gasteiger partial charge in [0.15, 0.2) is 0 Å². The zero-order chi connectivity index (χ0) is 17.1. The Hall–Kier alpha value is -2.83. The largest absolute Gasteiger partial charge is 0.464 e. The Labute approximate surface area is 139 Å². The van der Waals surface area contributed by atoms with Crippen molar-refractivity contribution in [2.45, 2.75) is 31.7 Å². The Bertz CT molecular complexity index is 769. The third-order valence-corrected chi connectivity index (χ3v) is 4.38. The summed E-state index contributed by atoms with van der Waals surface area (Å²) in [5.74, 6) is -0.457. The molecule has 3 rings (SSSR count). The van der Waals surface area contributed by atoms with E-state index in [9.17, 15) is 9.59 Å². The maximum absolute atomic E-state index is 12.0. The van der Waals surface area contributed by atoms with Gasteiger partial charge >= 0.3 is 5.97 Å². The molecule has 0 aliphatic heterocycles. The van der Waals surface area contributed by atoms with Gasteiger partial charge in [-0.2, -0.15) is 5.10 Å². The molecule has 1 atom stereocenters. The number of nitrogens with two attached hydrogens (primary N) is 2. The molecular formula is C17H20N4O3. The Morgan fingerprint density at radius 3 is 2.88 bits per heavy atom. The van der Waals surface area contributed by atoms with Gasteiger partial charge in [0.25, 0.3) is 5.91 Å². The first-order valence-corrected chi connectivity index (χ1v) is 7.90. The van der Waals surface area contributed by atoms with Crippen LogP contribution in [0.2, 0.25) is 0 Å². The molecule has 0 saturated heterocycles. The van der Waals surface area contributed by atoms with Crippen LogP contribution in [-0.2, 0) is 22.5 Å². The quantitative estimate of drug-likeness (QED) is 0.774. The average Bonchev–Trinajstić information content (AvgIpc) is 3.12. The molecule has 1 aliphatic rings. The number of amides is 1. The number of rotatable bonds is 6. The third-order valence-electron chi connectivity index (χ3n) is 4.38. The Kier molecular flexibility index (Phi) is 4.50. The highest BCUT2D eigenvalue weighted by Crippen LogP contribution is 2.35. The lowest BCUT2D eigenvalue weighted by molar-refractivity contribution is -0.144. The molecule has 0 fully saturated rings. The minimum absolute atomic E-state index is 0.150. The number of nitrogens with zero attached hydrogens (tertiary/aromatic N) is 2. The van der Waals surface area contributed by atoms with Crippen molar-refractivity contribution in [1.29, 1.82) is 0 Å². The number of primary amides is 1. The molecule has 0 radical (unpaired) electrons. The predicted octanol–water partition coefficient (Wildman–Crippen LogP) is 1.23. The number of anilines is 1. The minimum Gasteiger partial charge on any atom is -0.464 e. The maximum atomic E-state index is 12.0. The topological polar surface area (TPSA) is 113 Å². The van der Waals surface area contributed by atoms with Crippen molar-refractivity contribution in [3.05, 3.63) is 47.2 Å². The van der Waals surface area contributed by atoms with Crippen molar-refractivity contribution < 1.29 is 14.3 Å². The van der Waals surface area contributed by atoms with E-state index in [1.54, 1.807) is 0 Å². The molecule has 0 bridgehead atoms. The number of carbonyl (C=O) groups excluding carboxylic acids is 2. The zero-order valence-corrected chi connectivity index (χ0v) is 13.3. The van der Waals surface area contributed by atoms with Gasteiger partial charge in [-0.15, -0.1) is 0 Å². The summed E-state index contributed by atoms with van der Waals surface area (Å²) in [6.45, 7) is 0.434. The monoisotopic (exact) mass is 328 g/mol. The first kappa shape index (κ1) is 16.0. The third kappa shape index (κ3) is 3.24. The van der Waals surface area contributed by atoms with Crippen LogP contribution in [0, 0.1) is 0 Å². The van der Waals surface area contributed by atoms with Crippen LogP contribution in [0.1, 0.15) is 40.2 Å². The van der Waals surface area contributed by atoms with Crippen molar-refractivity contribution in [2.24, 2.45) is 5.73 Å². The van der Waals surface area contributed by atoms with E-state index in [1.807, 2.05) is 12.1 Å². The SMILES string of the molecule is NC(=O)c1cnn(CCOC(=O)C[C@H]2CCc3ccccc32)c1N. The van der Waals surface area contributed by atoms with E-state index in [0.717, 1.165) is 12.8 Å². The summed E-state index contributed by atoms with van der Waals surface area (Å²) in [5.41, 5.74) is 13.7. The van der Waals surface area contributed by atoms with Gasteiger partial charge in [0, 0.05) is 0 Å². The Morgan fingerprint density at radius 2 is 2.12 bits per heavy atom. The molecule has 24 heavy (non-hydrogen) atoms. The molecule has 1 aromatic heterocycles. The van der Waals surface area contributed by atoms with Gasteiger partial charge in [-0.1, -0.05) is 24.3 Å². The standard InChI is InChI=1S/C17H20N4O3/c18-16-14(17(19)23)10-20-21(16)7-8-24-15(22)9-12-6-5-11-3-1-2-4-13(11)12/h1-4,10,12H,5-9,18H2,(H2,19,23)/t12-/m1/s1. The summed E-state index contributed by atoms with van der Waals surface area (Å²) in [4.78, 5) is 23.2. The van der Waals surface area contributed by atoms with Crippen molar-refractivity contribution in [1.82, 2.24) is 9.78 Å². The van der Waals surface area contributed by atoms with Gasteiger partial charge < -0.3 is 16.2 Å². The number of hydrogen-bond acceptors (Lipinski definition) is 5. The summed E-state index contributed by atoms with van der Waals surface area (Å²) in [7, 11) is 0. The van der Waals surface area contributed by atoms with Crippen molar-refractivity contribution in [3.8, 4) is 0 Å². The van der Waals surface area contributed by atoms with Crippen LogP contribution in [0.25, 0.3) is 0 Å². The van der Waals surface area contributed by atoms with E-state index in [0.29, 0.717) is 6.42 Å². The Balaban J connectivity index is 1.49. The fraction of sp³-hybridized carbons (Fsp3) is 0.353. The molecule has 4 N–H and O–H groups in total. The number of hydrogen-bond donors (Lipinski definition) is 2. The van der Waals surface area contributed by atoms with E-state index in [-0.39, 0.29) is 36.4 Å². The number of aryl methyl sites for hydroxylation is 1. The van der Waals surface area contributed by atoms with E-state index in [4.69, 9.17) is 16.2 Å². The molecule has 1 heterocycles. The lowest BCUT2D eigenvalue weighted by Gasteiger charge is -2.11. The van der Waals surface area contributed by atoms with Crippen LogP contribution in [-0.4, -0.2) is 28.3 Å². The second kappa shape index (κ2) is 6.74. The van der Waals surface area contributed by atoms with Gasteiger partial charge in [0.05, 0.1) is 19.2 Å². The number of aromatic nitrogens is 2. The molecule has 7 heteroatoms. The van der Waals surface area contributed by atoms with E-state index < -0.39 is 5.91 Å². The molecule has 0 spiro atoms. The highest BCUT2D eigenvalue weighted by Gasteiger charge is 2.24. The van der Waals surface area contributed by atoms with Crippen LogP contribution < -0.4 is 11.5 Å². The van der Waals surface area contributed by atoms with Crippen molar-refractivity contribution in [3.63, 3.8) is 0 Å². The normalized spacial score (nSPS) is 15.9. The number of nitrogen functional groups attached to an aromatic ring is 1. The Morgan fingerprint density at radius 1 is 1.33 bits per heavy atom. The van der Waals surface area contributed by atoms with Crippen LogP contribution >= 0.6 is 0 Å². The lowest BCUT2D eigenvalue weighted by atomic mass is 9.98. The second-order valence-electron chi connectivity index (χ2n) is 5.89. The fourth-order valence-corrected chi connectivity index (χ4v) is 3.13. The van der Waals surface area contributed by atoms with E-state index in [1.165, 1.54) is 22.0 Å². The number of esters is 1. The molecule has 126 valence electrons. The molecule has 1 aliphatic carbocycles. The minimum atomic E-state index is -0.629. The van der Waals surface area contributed by atoms with Crippen LogP contribution in [0.5, 0.6) is 0 Å². The highest BCUT2D eigenvalue weighted by molar-refractivity contribution is 5.96. The molecule has 0 saturated carbocycles. The number of fused-ring (bicyclic) bond motifs is 1. The summed E-state index contributed by atoms with van der Waals surface area (Å²) >= 11 is 0. The average molecular weight is 328 g/mol. The smallest absolute Gasteiger partial charge is 0.306 e. The van der Waals surface area contributed by atoms with Gasteiger partial charge in [0.1, 0.15) is 18.0 Å². The summed E-state index contributed by atoms with van der Waals surface area (Å²) in [6, 6.07) is 8.21. The maximum Gasteiger partial charge on any atom is 0.306 e. The number of ether oxygens (including phenoxy) is 1. The van der Waals surface area contributed by atoms with E-state index >= 15 is 0 Å².